The fourth-order valence-corrected chi connectivity index (χ4v) is 3.29. The highest BCUT2D eigenvalue weighted by atomic mass is 16.2. The van der Waals surface area contributed by atoms with Crippen molar-refractivity contribution in [2.75, 3.05) is 33.8 Å². The molecule has 2 aromatic rings. The van der Waals surface area contributed by atoms with Crippen LogP contribution in [0.2, 0.25) is 0 Å². The number of nitrogens with zero attached hydrogens (tertiary/aromatic N) is 3. The van der Waals surface area contributed by atoms with Crippen molar-refractivity contribution in [3.63, 3.8) is 0 Å². The maximum atomic E-state index is 7.00. The number of nitrogens with one attached hydrogen (secondary N) is 3. The third-order valence-electron chi connectivity index (χ3n) is 5.40. The Morgan fingerprint density at radius 1 is 0.947 bits per heavy atom. The van der Waals surface area contributed by atoms with Crippen LogP contribution >= 0.6 is 0 Å². The van der Waals surface area contributed by atoms with Crippen LogP contribution in [0.1, 0.15) is 97.3 Å². The molecular formula is C31H62N6O. The molecule has 0 spiro atoms. The summed E-state index contributed by atoms with van der Waals surface area (Å²) in [6.45, 7) is 21.4. The Bertz CT molecular complexity index is 715. The Labute approximate surface area is 236 Å². The first-order valence-electron chi connectivity index (χ1n) is 14.7. The van der Waals surface area contributed by atoms with E-state index in [9.17, 15) is 0 Å². The second kappa shape index (κ2) is 33.0. The number of pyridine rings is 1. The van der Waals surface area contributed by atoms with E-state index in [4.69, 9.17) is 5.11 Å². The maximum Gasteiger partial charge on any atom is 0.0963 e. The van der Waals surface area contributed by atoms with E-state index in [-0.39, 0.29) is 0 Å². The zero-order valence-electron chi connectivity index (χ0n) is 26.5. The Kier molecular flexibility index (Phi) is 35.1. The van der Waals surface area contributed by atoms with Crippen LogP contribution in [0.15, 0.2) is 36.8 Å². The molecule has 0 radical (unpaired) electrons. The molecule has 0 saturated carbocycles. The number of hydrogen-bond acceptors (Lipinski definition) is 6. The molecule has 2 heterocycles. The van der Waals surface area contributed by atoms with E-state index in [1.54, 1.807) is 0 Å². The molecule has 0 saturated heterocycles. The number of allylic oxidation sites excluding steroid dienone is 2. The largest absolute Gasteiger partial charge is 0.400 e. The number of aliphatic hydroxyl groups is 1. The number of aliphatic hydroxyl groups excluding tert-OH is 1. The zero-order valence-corrected chi connectivity index (χ0v) is 26.5. The number of rotatable bonds is 9. The molecule has 222 valence electrons. The summed E-state index contributed by atoms with van der Waals surface area (Å²) in [6, 6.07) is 4.23. The van der Waals surface area contributed by atoms with Crippen LogP contribution in [0.4, 0.5) is 0 Å². The van der Waals surface area contributed by atoms with Crippen molar-refractivity contribution in [1.82, 2.24) is 30.5 Å². The van der Waals surface area contributed by atoms with Gasteiger partial charge in [0.15, 0.2) is 0 Å². The van der Waals surface area contributed by atoms with Gasteiger partial charge in [0.2, 0.25) is 0 Å². The average Bonchev–Trinajstić information content (AvgIpc) is 3.40. The SMILES string of the molecule is C/C=C\C.CC.CCCNCc1ncn(CNCC)c1CC.CCNC.CO.c1cnc2c(c1)CCCC2. The molecule has 1 aliphatic carbocycles. The Morgan fingerprint density at radius 3 is 2.08 bits per heavy atom. The van der Waals surface area contributed by atoms with Gasteiger partial charge >= 0.3 is 0 Å². The van der Waals surface area contributed by atoms with Crippen molar-refractivity contribution in [2.24, 2.45) is 0 Å². The molecule has 0 unspecified atom stereocenters. The van der Waals surface area contributed by atoms with Crippen LogP contribution in [0, 0.1) is 0 Å². The maximum absolute atomic E-state index is 7.00. The average molecular weight is 535 g/mol. The van der Waals surface area contributed by atoms with Crippen molar-refractivity contribution in [1.29, 1.82) is 0 Å². The van der Waals surface area contributed by atoms with Gasteiger partial charge in [-0.25, -0.2) is 4.98 Å². The van der Waals surface area contributed by atoms with Crippen molar-refractivity contribution < 1.29 is 5.11 Å². The van der Waals surface area contributed by atoms with E-state index in [0.717, 1.165) is 46.4 Å². The van der Waals surface area contributed by atoms with Gasteiger partial charge < -0.3 is 20.3 Å². The molecule has 0 amide bonds. The third kappa shape index (κ3) is 20.9. The Balaban J connectivity index is -0.000000473. The van der Waals surface area contributed by atoms with E-state index < -0.39 is 0 Å². The molecule has 0 fully saturated rings. The van der Waals surface area contributed by atoms with Crippen molar-refractivity contribution in [2.45, 2.75) is 107 Å². The van der Waals surface area contributed by atoms with Gasteiger partial charge in [0.05, 0.1) is 18.7 Å². The predicted molar refractivity (Wildman–Crippen MR) is 168 cm³/mol. The highest BCUT2D eigenvalue weighted by molar-refractivity contribution is 5.21. The van der Waals surface area contributed by atoms with E-state index in [2.05, 4.69) is 64.2 Å². The lowest BCUT2D eigenvalue weighted by atomic mass is 9.96. The van der Waals surface area contributed by atoms with Crippen LogP contribution in [0.5, 0.6) is 0 Å². The van der Waals surface area contributed by atoms with Crippen molar-refractivity contribution in [3.8, 4) is 0 Å². The highest BCUT2D eigenvalue weighted by Gasteiger charge is 2.08. The monoisotopic (exact) mass is 534 g/mol. The van der Waals surface area contributed by atoms with Crippen LogP contribution in [0.3, 0.4) is 0 Å². The van der Waals surface area contributed by atoms with Crippen LogP contribution in [-0.4, -0.2) is 53.4 Å². The summed E-state index contributed by atoms with van der Waals surface area (Å²) < 4.78 is 2.20. The summed E-state index contributed by atoms with van der Waals surface area (Å²) in [5.74, 6) is 0. The summed E-state index contributed by atoms with van der Waals surface area (Å²) in [4.78, 5) is 8.79. The number of fused-ring (bicyclic) bond motifs is 1. The molecule has 7 nitrogen and oxygen atoms in total. The number of imidazole rings is 1. The zero-order chi connectivity index (χ0) is 29.4. The van der Waals surface area contributed by atoms with Gasteiger partial charge in [-0.15, -0.1) is 0 Å². The first kappa shape index (κ1) is 40.4. The summed E-state index contributed by atoms with van der Waals surface area (Å²) in [6.07, 6.45) is 15.1. The predicted octanol–water partition coefficient (Wildman–Crippen LogP) is 5.92. The lowest BCUT2D eigenvalue weighted by Crippen LogP contribution is -2.20. The van der Waals surface area contributed by atoms with Gasteiger partial charge in [-0.3, -0.25) is 10.3 Å². The Morgan fingerprint density at radius 2 is 1.58 bits per heavy atom. The minimum absolute atomic E-state index is 0.862. The van der Waals surface area contributed by atoms with Gasteiger partial charge in [-0.1, -0.05) is 59.8 Å². The topological polar surface area (TPSA) is 87.0 Å². The smallest absolute Gasteiger partial charge is 0.0963 e. The minimum atomic E-state index is 0.862. The summed E-state index contributed by atoms with van der Waals surface area (Å²) >= 11 is 0. The first-order valence-corrected chi connectivity index (χ1v) is 14.7. The lowest BCUT2D eigenvalue weighted by molar-refractivity contribution is 0.399. The highest BCUT2D eigenvalue weighted by Crippen LogP contribution is 2.17. The fourth-order valence-electron chi connectivity index (χ4n) is 3.29. The molecular weight excluding hydrogens is 472 g/mol. The van der Waals surface area contributed by atoms with E-state index in [1.165, 1.54) is 54.7 Å². The molecule has 1 aliphatic rings. The molecule has 2 aromatic heterocycles. The molecule has 0 aliphatic heterocycles. The number of aryl methyl sites for hydroxylation is 2. The van der Waals surface area contributed by atoms with Gasteiger partial charge in [0.25, 0.3) is 0 Å². The fraction of sp³-hybridized carbons (Fsp3) is 0.677. The second-order valence-corrected chi connectivity index (χ2v) is 8.09. The van der Waals surface area contributed by atoms with Gasteiger partial charge in [0.1, 0.15) is 0 Å². The van der Waals surface area contributed by atoms with E-state index >= 15 is 0 Å². The Hall–Kier alpha value is -2.06. The quantitative estimate of drug-likeness (QED) is 0.236. The summed E-state index contributed by atoms with van der Waals surface area (Å²) in [5.41, 5.74) is 5.32. The van der Waals surface area contributed by atoms with Gasteiger partial charge in [-0.2, -0.15) is 0 Å². The summed E-state index contributed by atoms with van der Waals surface area (Å²) in [5, 5.41) is 16.7. The number of hydrogen-bond donors (Lipinski definition) is 4. The molecule has 4 N–H and O–H groups in total. The standard InChI is InChI=1S/C12H24N4.C9H11N.C4H8.C3H9N.C2H6.CH4O/c1-4-7-14-8-11-12(5-2)16(10-15-11)9-13-6-3;1-2-6-9-8(4-1)5-3-7-10-9;2*1-3-4-2;2*1-2/h10,13-14H,4-9H2,1-3H3;3,5,7H,1-2,4,6H2;3-4H,1-2H3;4H,3H2,1-2H3;1-2H3;2H,1H3/b;;4-3-;;;. The normalized spacial score (nSPS) is 11.0. The second-order valence-electron chi connectivity index (χ2n) is 8.09. The van der Waals surface area contributed by atoms with Crippen LogP contribution < -0.4 is 16.0 Å². The van der Waals surface area contributed by atoms with E-state index in [1.807, 2.05) is 65.5 Å². The molecule has 3 rings (SSSR count). The lowest BCUT2D eigenvalue weighted by Gasteiger charge is -2.12. The van der Waals surface area contributed by atoms with Crippen molar-refractivity contribution in [3.05, 3.63) is 59.5 Å². The van der Waals surface area contributed by atoms with Crippen LogP contribution in [-0.2, 0) is 32.5 Å². The first-order chi connectivity index (χ1) is 18.6. The van der Waals surface area contributed by atoms with Gasteiger partial charge in [0, 0.05) is 31.2 Å². The molecule has 0 bridgehead atoms. The summed E-state index contributed by atoms with van der Waals surface area (Å²) in [7, 11) is 2.93. The van der Waals surface area contributed by atoms with Crippen LogP contribution in [0.25, 0.3) is 0 Å². The molecule has 0 atom stereocenters. The third-order valence-corrected chi connectivity index (χ3v) is 5.40. The number of aromatic nitrogens is 3. The minimum Gasteiger partial charge on any atom is -0.400 e. The van der Waals surface area contributed by atoms with Gasteiger partial charge in [-0.05, 0) is 90.7 Å². The molecule has 38 heavy (non-hydrogen) atoms. The molecule has 7 heteroatoms. The van der Waals surface area contributed by atoms with E-state index in [0.29, 0.717) is 0 Å². The molecule has 0 aromatic carbocycles. The van der Waals surface area contributed by atoms with Crippen molar-refractivity contribution >= 4 is 0 Å².